The van der Waals surface area contributed by atoms with Crippen LogP contribution >= 0.6 is 0 Å². The second-order valence-corrected chi connectivity index (χ2v) is 14.4. The third-order valence-electron chi connectivity index (χ3n) is 10.5. The van der Waals surface area contributed by atoms with Crippen LogP contribution in [0.5, 0.6) is 0 Å². The average molecular weight is 769 g/mol. The van der Waals surface area contributed by atoms with Crippen LogP contribution in [0.1, 0.15) is 0 Å². The van der Waals surface area contributed by atoms with Gasteiger partial charge in [-0.05, 0) is 80.9 Å². The number of rotatable bonds is 9. The number of hydrogen-bond donors (Lipinski definition) is 0. The summed E-state index contributed by atoms with van der Waals surface area (Å²) in [6.45, 7) is 0. The molecule has 10 aromatic rings. The lowest BCUT2D eigenvalue weighted by Gasteiger charge is -2.11. The molecule has 10 rings (SSSR count). The molecule has 282 valence electrons. The van der Waals surface area contributed by atoms with E-state index < -0.39 is 0 Å². The molecule has 0 N–H and O–H groups in total. The van der Waals surface area contributed by atoms with E-state index in [2.05, 4.69) is 132 Å². The molecule has 0 amide bonds. The molecule has 0 unspecified atom stereocenters. The molecular formula is C54H36N6. The number of benzene rings is 6. The van der Waals surface area contributed by atoms with Crippen LogP contribution in [0.4, 0.5) is 0 Å². The highest BCUT2D eigenvalue weighted by molar-refractivity contribution is 5.78. The Hall–Kier alpha value is -8.22. The summed E-state index contributed by atoms with van der Waals surface area (Å²) in [6.07, 6.45) is 3.65. The maximum Gasteiger partial charge on any atom is 0.164 e. The molecule has 6 aromatic carbocycles. The first kappa shape index (κ1) is 36.1. The first-order chi connectivity index (χ1) is 29.7. The minimum atomic E-state index is 0.623. The highest BCUT2D eigenvalue weighted by Gasteiger charge is 2.14. The van der Waals surface area contributed by atoms with Gasteiger partial charge in [0.05, 0.1) is 22.8 Å². The first-order valence-electron chi connectivity index (χ1n) is 19.8. The predicted molar refractivity (Wildman–Crippen MR) is 242 cm³/mol. The van der Waals surface area contributed by atoms with Crippen molar-refractivity contribution in [3.63, 3.8) is 0 Å². The average Bonchev–Trinajstić information content (AvgIpc) is 3.35. The summed E-state index contributed by atoms with van der Waals surface area (Å²) in [7, 11) is 0. The molecule has 0 bridgehead atoms. The Kier molecular flexibility index (Phi) is 9.84. The molecule has 0 aliphatic rings. The molecule has 0 saturated heterocycles. The molecular weight excluding hydrogens is 733 g/mol. The fourth-order valence-corrected chi connectivity index (χ4v) is 7.31. The summed E-state index contributed by atoms with van der Waals surface area (Å²) in [4.78, 5) is 29.2. The van der Waals surface area contributed by atoms with Crippen molar-refractivity contribution in [3.05, 3.63) is 219 Å². The normalized spacial score (nSPS) is 11.0. The lowest BCUT2D eigenvalue weighted by atomic mass is 9.98. The van der Waals surface area contributed by atoms with Gasteiger partial charge in [-0.15, -0.1) is 0 Å². The van der Waals surface area contributed by atoms with Crippen molar-refractivity contribution in [1.29, 1.82) is 0 Å². The molecule has 0 atom stereocenters. The van der Waals surface area contributed by atoms with E-state index in [1.807, 2.05) is 85.1 Å². The fraction of sp³-hybridized carbons (Fsp3) is 0. The van der Waals surface area contributed by atoms with Crippen molar-refractivity contribution in [2.24, 2.45) is 0 Å². The lowest BCUT2D eigenvalue weighted by Crippen LogP contribution is -2.00. The molecule has 0 aliphatic heterocycles. The minimum Gasteiger partial charge on any atom is -0.255 e. The van der Waals surface area contributed by atoms with Crippen LogP contribution in [0.15, 0.2) is 219 Å². The van der Waals surface area contributed by atoms with Gasteiger partial charge in [0, 0.05) is 29.1 Å². The summed E-state index contributed by atoms with van der Waals surface area (Å²) in [5.74, 6) is 1.89. The predicted octanol–water partition coefficient (Wildman–Crippen LogP) is 13.1. The van der Waals surface area contributed by atoms with Crippen molar-refractivity contribution < 1.29 is 0 Å². The topological polar surface area (TPSA) is 77.3 Å². The van der Waals surface area contributed by atoms with Crippen LogP contribution in [-0.2, 0) is 0 Å². The van der Waals surface area contributed by atoms with E-state index in [0.29, 0.717) is 17.5 Å². The Morgan fingerprint density at radius 2 is 0.550 bits per heavy atom. The van der Waals surface area contributed by atoms with Gasteiger partial charge in [-0.1, -0.05) is 170 Å². The monoisotopic (exact) mass is 768 g/mol. The zero-order chi connectivity index (χ0) is 40.1. The molecule has 0 aliphatic carbocycles. The summed E-state index contributed by atoms with van der Waals surface area (Å²) in [5.41, 5.74) is 14.8. The maximum atomic E-state index is 5.03. The number of nitrogens with zero attached hydrogens (tertiary/aromatic N) is 6. The van der Waals surface area contributed by atoms with Gasteiger partial charge in [-0.3, -0.25) is 9.97 Å². The Morgan fingerprint density at radius 1 is 0.200 bits per heavy atom. The first-order valence-corrected chi connectivity index (χ1v) is 19.8. The number of hydrogen-bond acceptors (Lipinski definition) is 6. The van der Waals surface area contributed by atoms with Gasteiger partial charge in [0.15, 0.2) is 17.5 Å². The summed E-state index contributed by atoms with van der Waals surface area (Å²) < 4.78 is 0. The molecule has 60 heavy (non-hydrogen) atoms. The molecule has 4 heterocycles. The zero-order valence-corrected chi connectivity index (χ0v) is 32.5. The summed E-state index contributed by atoms with van der Waals surface area (Å²) in [5, 5.41) is 0. The van der Waals surface area contributed by atoms with E-state index in [9.17, 15) is 0 Å². The molecule has 0 saturated carbocycles. The Balaban J connectivity index is 0.927. The number of aromatic nitrogens is 6. The van der Waals surface area contributed by atoms with E-state index in [0.717, 1.165) is 78.4 Å². The van der Waals surface area contributed by atoms with Gasteiger partial charge in [0.1, 0.15) is 0 Å². The molecule has 6 heteroatoms. The highest BCUT2D eigenvalue weighted by Crippen LogP contribution is 2.33. The standard InChI is InChI=1S/C54H36N6/c1-4-12-37(13-5-1)39-23-27-44(28-24-39)53-58-52(43-16-8-3-9-17-43)59-54(60-53)45-29-25-41(26-30-45)40-19-21-42(22-20-40)46-31-33-56-49(34-46)51-36-47(38-14-6-2-7-15-38)35-50(57-51)48-18-10-11-32-55-48/h1-36H. The summed E-state index contributed by atoms with van der Waals surface area (Å²) >= 11 is 0. The molecule has 6 nitrogen and oxygen atoms in total. The van der Waals surface area contributed by atoms with Crippen LogP contribution < -0.4 is 0 Å². The lowest BCUT2D eigenvalue weighted by molar-refractivity contribution is 1.07. The largest absolute Gasteiger partial charge is 0.255 e. The summed E-state index contributed by atoms with van der Waals surface area (Å²) in [6, 6.07) is 70.4. The molecule has 4 aromatic heterocycles. The van der Waals surface area contributed by atoms with Crippen LogP contribution in [-0.4, -0.2) is 29.9 Å². The second-order valence-electron chi connectivity index (χ2n) is 14.4. The van der Waals surface area contributed by atoms with E-state index in [1.165, 1.54) is 5.56 Å². The van der Waals surface area contributed by atoms with Crippen LogP contribution in [0.3, 0.4) is 0 Å². The highest BCUT2D eigenvalue weighted by atomic mass is 15.0. The minimum absolute atomic E-state index is 0.623. The Labute approximate surface area is 348 Å². The van der Waals surface area contributed by atoms with Crippen molar-refractivity contribution >= 4 is 0 Å². The molecule has 0 radical (unpaired) electrons. The van der Waals surface area contributed by atoms with Gasteiger partial charge in [-0.25, -0.2) is 19.9 Å². The Morgan fingerprint density at radius 3 is 1.03 bits per heavy atom. The van der Waals surface area contributed by atoms with E-state index in [1.54, 1.807) is 6.20 Å². The third kappa shape index (κ3) is 7.73. The van der Waals surface area contributed by atoms with E-state index in [-0.39, 0.29) is 0 Å². The SMILES string of the molecule is c1ccc(-c2ccc(-c3nc(-c4ccccc4)nc(-c4ccc(-c5ccc(-c6ccnc(-c7cc(-c8ccccc8)cc(-c8ccccn8)n7)c6)cc5)cc4)n3)cc2)cc1. The van der Waals surface area contributed by atoms with Crippen molar-refractivity contribution in [3.8, 4) is 101 Å². The Bertz CT molecular complexity index is 2970. The molecule has 0 spiro atoms. The maximum absolute atomic E-state index is 5.03. The quantitative estimate of drug-likeness (QED) is 0.145. The van der Waals surface area contributed by atoms with Gasteiger partial charge >= 0.3 is 0 Å². The van der Waals surface area contributed by atoms with Gasteiger partial charge in [0.25, 0.3) is 0 Å². The van der Waals surface area contributed by atoms with Crippen molar-refractivity contribution in [1.82, 2.24) is 29.9 Å². The van der Waals surface area contributed by atoms with Gasteiger partial charge in [0.2, 0.25) is 0 Å². The van der Waals surface area contributed by atoms with Crippen LogP contribution in [0.25, 0.3) is 101 Å². The fourth-order valence-electron chi connectivity index (χ4n) is 7.31. The smallest absolute Gasteiger partial charge is 0.164 e. The van der Waals surface area contributed by atoms with Gasteiger partial charge in [-0.2, -0.15) is 0 Å². The third-order valence-corrected chi connectivity index (χ3v) is 10.5. The van der Waals surface area contributed by atoms with Crippen LogP contribution in [0, 0.1) is 0 Å². The van der Waals surface area contributed by atoms with Crippen molar-refractivity contribution in [2.75, 3.05) is 0 Å². The second kappa shape index (κ2) is 16.3. The number of pyridine rings is 3. The van der Waals surface area contributed by atoms with Crippen LogP contribution in [0.2, 0.25) is 0 Å². The van der Waals surface area contributed by atoms with Gasteiger partial charge < -0.3 is 0 Å². The zero-order valence-electron chi connectivity index (χ0n) is 32.5. The van der Waals surface area contributed by atoms with E-state index in [4.69, 9.17) is 24.9 Å². The van der Waals surface area contributed by atoms with E-state index >= 15 is 0 Å². The van der Waals surface area contributed by atoms with Crippen molar-refractivity contribution in [2.45, 2.75) is 0 Å². The molecule has 0 fully saturated rings.